The van der Waals surface area contributed by atoms with Crippen LogP contribution in [0.1, 0.15) is 36.2 Å². The van der Waals surface area contributed by atoms with E-state index in [1.807, 2.05) is 36.2 Å². The SMILES string of the molecule is CCCN(C)c1cc(Cl)nc(SCc2ccc(C(=O)N3CCN(CC)CC3)cc2)n1. The van der Waals surface area contributed by atoms with Crippen molar-refractivity contribution in [1.29, 1.82) is 0 Å². The Morgan fingerprint density at radius 2 is 1.83 bits per heavy atom. The van der Waals surface area contributed by atoms with Gasteiger partial charge in [-0.05, 0) is 30.7 Å². The highest BCUT2D eigenvalue weighted by atomic mass is 35.5. The predicted molar refractivity (Wildman–Crippen MR) is 125 cm³/mol. The molecule has 8 heteroatoms. The number of hydrogen-bond acceptors (Lipinski definition) is 6. The van der Waals surface area contributed by atoms with Gasteiger partial charge in [-0.15, -0.1) is 0 Å². The number of piperazine rings is 1. The summed E-state index contributed by atoms with van der Waals surface area (Å²) in [5, 5.41) is 1.11. The molecule has 30 heavy (non-hydrogen) atoms. The van der Waals surface area contributed by atoms with E-state index in [1.54, 1.807) is 17.8 Å². The summed E-state index contributed by atoms with van der Waals surface area (Å²) in [5.41, 5.74) is 1.87. The van der Waals surface area contributed by atoms with Gasteiger partial charge in [0, 0.05) is 57.2 Å². The average Bonchev–Trinajstić information content (AvgIpc) is 2.77. The van der Waals surface area contributed by atoms with Gasteiger partial charge in [-0.2, -0.15) is 0 Å². The Kier molecular flexibility index (Phi) is 8.36. The molecule has 1 amide bonds. The Bertz CT molecular complexity index is 840. The summed E-state index contributed by atoms with van der Waals surface area (Å²) in [6.07, 6.45) is 1.04. The van der Waals surface area contributed by atoms with Crippen molar-refractivity contribution in [3.8, 4) is 0 Å². The molecule has 0 aliphatic carbocycles. The van der Waals surface area contributed by atoms with Crippen LogP contribution in [0.25, 0.3) is 0 Å². The van der Waals surface area contributed by atoms with Crippen molar-refractivity contribution in [3.63, 3.8) is 0 Å². The minimum Gasteiger partial charge on any atom is -0.360 e. The van der Waals surface area contributed by atoms with E-state index in [2.05, 4.69) is 33.6 Å². The van der Waals surface area contributed by atoms with E-state index in [-0.39, 0.29) is 5.91 Å². The van der Waals surface area contributed by atoms with Gasteiger partial charge >= 0.3 is 0 Å². The number of hydrogen-bond donors (Lipinski definition) is 0. The van der Waals surface area contributed by atoms with E-state index in [1.165, 1.54) is 0 Å². The van der Waals surface area contributed by atoms with Crippen molar-refractivity contribution < 1.29 is 4.79 Å². The molecule has 1 aliphatic heterocycles. The lowest BCUT2D eigenvalue weighted by molar-refractivity contribution is 0.0643. The van der Waals surface area contributed by atoms with Crippen LogP contribution in [-0.2, 0) is 5.75 Å². The smallest absolute Gasteiger partial charge is 0.253 e. The first-order valence-electron chi connectivity index (χ1n) is 10.5. The highest BCUT2D eigenvalue weighted by Crippen LogP contribution is 2.24. The molecule has 6 nitrogen and oxygen atoms in total. The van der Waals surface area contributed by atoms with Crippen molar-refractivity contribution in [2.24, 2.45) is 0 Å². The monoisotopic (exact) mass is 447 g/mol. The van der Waals surface area contributed by atoms with Crippen molar-refractivity contribution in [3.05, 3.63) is 46.6 Å². The molecule has 0 bridgehead atoms. The summed E-state index contributed by atoms with van der Waals surface area (Å²) in [4.78, 5) is 28.1. The van der Waals surface area contributed by atoms with Gasteiger partial charge < -0.3 is 14.7 Å². The lowest BCUT2D eigenvalue weighted by Crippen LogP contribution is -2.48. The molecule has 0 saturated carbocycles. The van der Waals surface area contributed by atoms with Gasteiger partial charge in [0.2, 0.25) is 0 Å². The number of anilines is 1. The molecule has 1 fully saturated rings. The fraction of sp³-hybridized carbons (Fsp3) is 0.500. The number of amides is 1. The second-order valence-corrected chi connectivity index (χ2v) is 8.79. The quantitative estimate of drug-likeness (QED) is 0.345. The van der Waals surface area contributed by atoms with Crippen LogP contribution >= 0.6 is 23.4 Å². The fourth-order valence-corrected chi connectivity index (χ4v) is 4.47. The molecule has 0 radical (unpaired) electrons. The van der Waals surface area contributed by atoms with E-state index in [9.17, 15) is 4.79 Å². The number of carbonyl (C=O) groups is 1. The van der Waals surface area contributed by atoms with Gasteiger partial charge in [0.25, 0.3) is 5.91 Å². The molecule has 0 spiro atoms. The molecule has 2 heterocycles. The molecule has 0 unspecified atom stereocenters. The van der Waals surface area contributed by atoms with Crippen LogP contribution in [0.5, 0.6) is 0 Å². The molecule has 2 aromatic rings. The number of thioether (sulfide) groups is 1. The van der Waals surface area contributed by atoms with Crippen LogP contribution < -0.4 is 4.90 Å². The topological polar surface area (TPSA) is 52.6 Å². The minimum absolute atomic E-state index is 0.117. The van der Waals surface area contributed by atoms with Crippen molar-refractivity contribution >= 4 is 35.1 Å². The Hall–Kier alpha value is -1.83. The maximum absolute atomic E-state index is 12.7. The number of carbonyl (C=O) groups excluding carboxylic acids is 1. The number of aromatic nitrogens is 2. The standard InChI is InChI=1S/C22H30ClN5OS/c1-4-10-26(3)20-15-19(23)24-22(25-20)30-16-17-6-8-18(9-7-17)21(29)28-13-11-27(5-2)12-14-28/h6-9,15H,4-5,10-14,16H2,1-3H3. The lowest BCUT2D eigenvalue weighted by atomic mass is 10.1. The third-order valence-corrected chi connectivity index (χ3v) is 6.40. The summed E-state index contributed by atoms with van der Waals surface area (Å²) >= 11 is 7.74. The molecule has 1 saturated heterocycles. The lowest BCUT2D eigenvalue weighted by Gasteiger charge is -2.34. The molecule has 1 aromatic heterocycles. The number of nitrogens with zero attached hydrogens (tertiary/aromatic N) is 5. The zero-order valence-electron chi connectivity index (χ0n) is 18.0. The Morgan fingerprint density at radius 3 is 2.47 bits per heavy atom. The normalized spacial score (nSPS) is 14.7. The van der Waals surface area contributed by atoms with Gasteiger partial charge in [0.05, 0.1) is 0 Å². The Labute approximate surface area is 188 Å². The summed E-state index contributed by atoms with van der Waals surface area (Å²) in [7, 11) is 2.01. The second-order valence-electron chi connectivity index (χ2n) is 7.47. The third kappa shape index (κ3) is 6.09. The number of rotatable bonds is 8. The Morgan fingerprint density at radius 1 is 1.13 bits per heavy atom. The molecule has 0 N–H and O–H groups in total. The third-order valence-electron chi connectivity index (χ3n) is 5.29. The molecule has 0 atom stereocenters. The van der Waals surface area contributed by atoms with E-state index in [0.29, 0.717) is 10.3 Å². The summed E-state index contributed by atoms with van der Waals surface area (Å²) < 4.78 is 0. The summed E-state index contributed by atoms with van der Waals surface area (Å²) in [6.45, 7) is 9.75. The molecule has 1 aliphatic rings. The van der Waals surface area contributed by atoms with Crippen molar-refractivity contribution in [2.45, 2.75) is 31.2 Å². The van der Waals surface area contributed by atoms with E-state index >= 15 is 0 Å². The fourth-order valence-electron chi connectivity index (χ4n) is 3.44. The summed E-state index contributed by atoms with van der Waals surface area (Å²) in [6, 6.07) is 9.66. The minimum atomic E-state index is 0.117. The predicted octanol–water partition coefficient (Wildman–Crippen LogP) is 4.05. The highest BCUT2D eigenvalue weighted by molar-refractivity contribution is 7.98. The van der Waals surface area contributed by atoms with Gasteiger partial charge in [-0.25, -0.2) is 9.97 Å². The largest absolute Gasteiger partial charge is 0.360 e. The maximum atomic E-state index is 12.7. The second kappa shape index (κ2) is 11.0. The van der Waals surface area contributed by atoms with Gasteiger partial charge in [0.1, 0.15) is 11.0 Å². The molecular formula is C22H30ClN5OS. The Balaban J connectivity index is 1.58. The van der Waals surface area contributed by atoms with E-state index in [0.717, 1.165) is 68.4 Å². The van der Waals surface area contributed by atoms with E-state index in [4.69, 9.17) is 11.6 Å². The van der Waals surface area contributed by atoms with Crippen molar-refractivity contribution in [2.75, 3.05) is 51.2 Å². The van der Waals surface area contributed by atoms with Crippen LogP contribution in [0.4, 0.5) is 5.82 Å². The first-order chi connectivity index (χ1) is 14.5. The zero-order chi connectivity index (χ0) is 21.5. The van der Waals surface area contributed by atoms with E-state index < -0.39 is 0 Å². The molecule has 3 rings (SSSR count). The van der Waals surface area contributed by atoms with Crippen molar-refractivity contribution in [1.82, 2.24) is 19.8 Å². The van der Waals surface area contributed by atoms with Gasteiger partial charge in [-0.3, -0.25) is 4.79 Å². The van der Waals surface area contributed by atoms with Crippen LogP contribution in [0.2, 0.25) is 5.15 Å². The number of halogens is 1. The van der Waals surface area contributed by atoms with Crippen LogP contribution in [0, 0.1) is 0 Å². The maximum Gasteiger partial charge on any atom is 0.253 e. The van der Waals surface area contributed by atoms with Crippen LogP contribution in [-0.4, -0.2) is 72.0 Å². The number of benzene rings is 1. The number of likely N-dealkylation sites (N-methyl/N-ethyl adjacent to an activating group) is 1. The first kappa shape index (κ1) is 22.8. The van der Waals surface area contributed by atoms with Gasteiger partial charge in [0.15, 0.2) is 5.16 Å². The zero-order valence-corrected chi connectivity index (χ0v) is 19.5. The molecular weight excluding hydrogens is 418 g/mol. The molecule has 162 valence electrons. The molecule has 1 aromatic carbocycles. The van der Waals surface area contributed by atoms with Crippen LogP contribution in [0.3, 0.4) is 0 Å². The van der Waals surface area contributed by atoms with Crippen LogP contribution in [0.15, 0.2) is 35.5 Å². The first-order valence-corrected chi connectivity index (χ1v) is 11.9. The average molecular weight is 448 g/mol. The summed E-state index contributed by atoms with van der Waals surface area (Å²) in [5.74, 6) is 1.68. The highest BCUT2D eigenvalue weighted by Gasteiger charge is 2.21. The van der Waals surface area contributed by atoms with Gasteiger partial charge in [-0.1, -0.05) is 49.3 Å².